The third kappa shape index (κ3) is 2.95. The van der Waals surface area contributed by atoms with Crippen LogP contribution in [0, 0.1) is 0 Å². The van der Waals surface area contributed by atoms with Gasteiger partial charge in [0.1, 0.15) is 9.84 Å². The third-order valence-electron chi connectivity index (χ3n) is 2.65. The van der Waals surface area contributed by atoms with Crippen LogP contribution in [-0.4, -0.2) is 35.8 Å². The Morgan fingerprint density at radius 3 is 2.89 bits per heavy atom. The zero-order valence-corrected chi connectivity index (χ0v) is 10.9. The molecule has 0 amide bonds. The average Bonchev–Trinajstić information content (AvgIpc) is 2.70. The molecule has 0 aliphatic rings. The highest BCUT2D eigenvalue weighted by Crippen LogP contribution is 2.13. The molecule has 2 heterocycles. The molecule has 0 radical (unpaired) electrons. The molecule has 0 saturated heterocycles. The largest absolute Gasteiger partial charge is 0.294 e. The Hall–Kier alpha value is -1.69. The number of fused-ring (bicyclic) bond motifs is 1. The van der Waals surface area contributed by atoms with Gasteiger partial charge in [-0.1, -0.05) is 6.07 Å². The summed E-state index contributed by atoms with van der Waals surface area (Å²) in [6.07, 6.45) is 5.04. The summed E-state index contributed by atoms with van der Waals surface area (Å²) >= 11 is 0. The molecule has 0 N–H and O–H groups in total. The number of hydrogen-bond donors (Lipinski definition) is 0. The van der Waals surface area contributed by atoms with Crippen LogP contribution in [-0.2, 0) is 9.84 Å². The summed E-state index contributed by atoms with van der Waals surface area (Å²) in [5.41, 5.74) is 1.30. The number of aromatic nitrogens is 2. The van der Waals surface area contributed by atoms with Crippen molar-refractivity contribution in [1.82, 2.24) is 9.61 Å². The number of rotatable bonds is 5. The zero-order valence-electron chi connectivity index (χ0n) is 10.0. The van der Waals surface area contributed by atoms with Gasteiger partial charge < -0.3 is 0 Å². The van der Waals surface area contributed by atoms with E-state index < -0.39 is 9.84 Å². The molecule has 18 heavy (non-hydrogen) atoms. The van der Waals surface area contributed by atoms with Crippen LogP contribution in [0.5, 0.6) is 0 Å². The van der Waals surface area contributed by atoms with Crippen molar-refractivity contribution in [3.63, 3.8) is 0 Å². The fourth-order valence-corrected chi connectivity index (χ4v) is 2.45. The van der Waals surface area contributed by atoms with Gasteiger partial charge >= 0.3 is 0 Å². The van der Waals surface area contributed by atoms with Crippen molar-refractivity contribution in [2.45, 2.75) is 12.8 Å². The molecule has 5 nitrogen and oxygen atoms in total. The lowest BCUT2D eigenvalue weighted by Gasteiger charge is -1.99. The smallest absolute Gasteiger partial charge is 0.166 e. The van der Waals surface area contributed by atoms with Crippen molar-refractivity contribution in [2.75, 3.05) is 12.0 Å². The lowest BCUT2D eigenvalue weighted by molar-refractivity contribution is 0.0983. The molecule has 0 unspecified atom stereocenters. The standard InChI is InChI=1S/C12H14N2O3S/c1-18(16,17)8-4-6-12(15)10-9-13-14-7-3-2-5-11(10)14/h2-3,5,7,9H,4,6,8H2,1H3. The number of hydrogen-bond acceptors (Lipinski definition) is 4. The molecule has 0 saturated carbocycles. The van der Waals surface area contributed by atoms with Crippen LogP contribution in [0.1, 0.15) is 23.2 Å². The molecule has 96 valence electrons. The predicted octanol–water partition coefficient (Wildman–Crippen LogP) is 1.34. The lowest BCUT2D eigenvalue weighted by Crippen LogP contribution is -2.06. The first-order valence-corrected chi connectivity index (χ1v) is 7.67. The average molecular weight is 266 g/mol. The van der Waals surface area contributed by atoms with Gasteiger partial charge in [-0.05, 0) is 18.6 Å². The highest BCUT2D eigenvalue weighted by atomic mass is 32.2. The summed E-state index contributed by atoms with van der Waals surface area (Å²) in [5.74, 6) is -0.0299. The molecular weight excluding hydrogens is 252 g/mol. The Morgan fingerprint density at radius 1 is 1.39 bits per heavy atom. The van der Waals surface area contributed by atoms with E-state index in [-0.39, 0.29) is 18.0 Å². The molecule has 2 aromatic heterocycles. The second kappa shape index (κ2) is 4.89. The summed E-state index contributed by atoms with van der Waals surface area (Å²) in [6, 6.07) is 5.49. The number of carbonyl (C=O) groups excluding carboxylic acids is 1. The Bertz CT molecular complexity index is 673. The predicted molar refractivity (Wildman–Crippen MR) is 68.5 cm³/mol. The van der Waals surface area contributed by atoms with Crippen molar-refractivity contribution in [1.29, 1.82) is 0 Å². The second-order valence-corrected chi connectivity index (χ2v) is 6.51. The van der Waals surface area contributed by atoms with E-state index in [0.29, 0.717) is 12.0 Å². The van der Waals surface area contributed by atoms with Crippen LogP contribution < -0.4 is 0 Å². The van der Waals surface area contributed by atoms with Crippen LogP contribution >= 0.6 is 0 Å². The first kappa shape index (κ1) is 12.8. The summed E-state index contributed by atoms with van der Waals surface area (Å²) in [5, 5.41) is 4.07. The highest BCUT2D eigenvalue weighted by Gasteiger charge is 2.13. The van der Waals surface area contributed by atoms with Crippen molar-refractivity contribution >= 4 is 21.1 Å². The van der Waals surface area contributed by atoms with Gasteiger partial charge in [-0.2, -0.15) is 5.10 Å². The summed E-state index contributed by atoms with van der Waals surface area (Å²) in [7, 11) is -3.00. The minimum atomic E-state index is -3.00. The Morgan fingerprint density at radius 2 is 2.17 bits per heavy atom. The molecule has 0 spiro atoms. The van der Waals surface area contributed by atoms with E-state index in [4.69, 9.17) is 0 Å². The molecule has 0 atom stereocenters. The van der Waals surface area contributed by atoms with E-state index in [0.717, 1.165) is 5.52 Å². The topological polar surface area (TPSA) is 68.5 Å². The summed E-state index contributed by atoms with van der Waals surface area (Å²) in [6.45, 7) is 0. The Kier molecular flexibility index (Phi) is 3.47. The number of nitrogens with zero attached hydrogens (tertiary/aromatic N) is 2. The van der Waals surface area contributed by atoms with Crippen LogP contribution in [0.4, 0.5) is 0 Å². The molecular formula is C12H14N2O3S. The van der Waals surface area contributed by atoms with Crippen LogP contribution in [0.2, 0.25) is 0 Å². The number of sulfone groups is 1. The molecule has 0 aliphatic heterocycles. The maximum atomic E-state index is 12.0. The van der Waals surface area contributed by atoms with Crippen molar-refractivity contribution < 1.29 is 13.2 Å². The van der Waals surface area contributed by atoms with E-state index in [1.165, 1.54) is 12.5 Å². The first-order valence-electron chi connectivity index (χ1n) is 5.61. The quantitative estimate of drug-likeness (QED) is 0.766. The van der Waals surface area contributed by atoms with Gasteiger partial charge in [0.05, 0.1) is 23.0 Å². The maximum absolute atomic E-state index is 12.0. The van der Waals surface area contributed by atoms with Crippen LogP contribution in [0.3, 0.4) is 0 Å². The van der Waals surface area contributed by atoms with E-state index in [9.17, 15) is 13.2 Å². The number of ketones is 1. The Balaban J connectivity index is 2.10. The van der Waals surface area contributed by atoms with Gasteiger partial charge in [-0.3, -0.25) is 4.79 Å². The third-order valence-corrected chi connectivity index (χ3v) is 3.68. The van der Waals surface area contributed by atoms with Crippen molar-refractivity contribution in [3.05, 3.63) is 36.2 Å². The van der Waals surface area contributed by atoms with Gasteiger partial charge in [-0.25, -0.2) is 12.9 Å². The number of pyridine rings is 1. The van der Waals surface area contributed by atoms with Gasteiger partial charge in [0.25, 0.3) is 0 Å². The number of Topliss-reactive ketones (excluding diaryl/α,β-unsaturated/α-hetero) is 1. The van der Waals surface area contributed by atoms with E-state index >= 15 is 0 Å². The molecule has 0 bridgehead atoms. The fraction of sp³-hybridized carbons (Fsp3) is 0.333. The zero-order chi connectivity index (χ0) is 13.2. The van der Waals surface area contributed by atoms with E-state index in [1.54, 1.807) is 10.7 Å². The van der Waals surface area contributed by atoms with Gasteiger partial charge in [0.2, 0.25) is 0 Å². The van der Waals surface area contributed by atoms with Gasteiger partial charge in [0.15, 0.2) is 5.78 Å². The molecule has 6 heteroatoms. The van der Waals surface area contributed by atoms with E-state index in [1.807, 2.05) is 18.2 Å². The minimum Gasteiger partial charge on any atom is -0.294 e. The fourth-order valence-electron chi connectivity index (χ4n) is 1.78. The van der Waals surface area contributed by atoms with E-state index in [2.05, 4.69) is 5.10 Å². The van der Waals surface area contributed by atoms with Crippen molar-refractivity contribution in [2.24, 2.45) is 0 Å². The molecule has 0 aromatic carbocycles. The SMILES string of the molecule is CS(=O)(=O)CCCC(=O)c1cnn2ccccc12. The van der Waals surface area contributed by atoms with Crippen LogP contribution in [0.25, 0.3) is 5.52 Å². The minimum absolute atomic E-state index is 0.0396. The highest BCUT2D eigenvalue weighted by molar-refractivity contribution is 7.90. The normalized spacial score (nSPS) is 11.8. The maximum Gasteiger partial charge on any atom is 0.166 e. The van der Waals surface area contributed by atoms with Crippen LogP contribution in [0.15, 0.2) is 30.6 Å². The lowest BCUT2D eigenvalue weighted by atomic mass is 10.1. The monoisotopic (exact) mass is 266 g/mol. The van der Waals surface area contributed by atoms with Gasteiger partial charge in [0, 0.05) is 18.9 Å². The molecule has 2 rings (SSSR count). The molecule has 0 aliphatic carbocycles. The molecule has 2 aromatic rings. The molecule has 0 fully saturated rings. The Labute approximate surface area is 105 Å². The van der Waals surface area contributed by atoms with Crippen molar-refractivity contribution in [3.8, 4) is 0 Å². The summed E-state index contributed by atoms with van der Waals surface area (Å²) < 4.78 is 23.6. The second-order valence-electron chi connectivity index (χ2n) is 4.25. The summed E-state index contributed by atoms with van der Waals surface area (Å²) in [4.78, 5) is 12.0. The first-order chi connectivity index (χ1) is 8.47. The number of carbonyl (C=O) groups is 1. The van der Waals surface area contributed by atoms with Gasteiger partial charge in [-0.15, -0.1) is 0 Å².